The maximum Gasteiger partial charge on any atom is 0.258 e. The second kappa shape index (κ2) is 7.33. The Morgan fingerprint density at radius 3 is 2.48 bits per heavy atom. The standard InChI is InChI=1S/C18H21FN2O3S/c1-5-13-8-6-7-12(2)17(13)20-18(22)15-11-14(9-10-16(15)19)25(23,24)21(3)4/h6-11H,5H2,1-4H3,(H,20,22). The predicted octanol–water partition coefficient (Wildman–Crippen LogP) is 3.20. The fourth-order valence-electron chi connectivity index (χ4n) is 2.43. The quantitative estimate of drug-likeness (QED) is 0.886. The number of carbonyl (C=O) groups is 1. The van der Waals surface area contributed by atoms with E-state index >= 15 is 0 Å². The number of anilines is 1. The number of rotatable bonds is 5. The van der Waals surface area contributed by atoms with E-state index in [1.54, 1.807) is 0 Å². The molecule has 0 atom stereocenters. The Balaban J connectivity index is 2.44. The fourth-order valence-corrected chi connectivity index (χ4v) is 3.36. The van der Waals surface area contributed by atoms with Crippen molar-refractivity contribution in [3.05, 3.63) is 58.9 Å². The van der Waals surface area contributed by atoms with Crippen LogP contribution in [0.5, 0.6) is 0 Å². The van der Waals surface area contributed by atoms with Gasteiger partial charge in [0, 0.05) is 19.8 Å². The van der Waals surface area contributed by atoms with E-state index in [2.05, 4.69) is 5.32 Å². The summed E-state index contributed by atoms with van der Waals surface area (Å²) in [5.41, 5.74) is 2.08. The van der Waals surface area contributed by atoms with Gasteiger partial charge in [-0.05, 0) is 42.7 Å². The van der Waals surface area contributed by atoms with Gasteiger partial charge in [0.1, 0.15) is 5.82 Å². The Hall–Kier alpha value is -2.25. The lowest BCUT2D eigenvalue weighted by molar-refractivity contribution is 0.102. The lowest BCUT2D eigenvalue weighted by Crippen LogP contribution is -2.23. The molecule has 0 heterocycles. The maximum atomic E-state index is 14.1. The van der Waals surface area contributed by atoms with Crippen LogP contribution in [0.25, 0.3) is 0 Å². The van der Waals surface area contributed by atoms with E-state index in [9.17, 15) is 17.6 Å². The number of aryl methyl sites for hydroxylation is 2. The minimum atomic E-state index is -3.76. The number of benzene rings is 2. The molecule has 0 saturated carbocycles. The van der Waals surface area contributed by atoms with Crippen LogP contribution in [0.15, 0.2) is 41.3 Å². The molecule has 2 aromatic carbocycles. The van der Waals surface area contributed by atoms with Crippen LogP contribution in [0.2, 0.25) is 0 Å². The van der Waals surface area contributed by atoms with Crippen molar-refractivity contribution in [2.75, 3.05) is 19.4 Å². The van der Waals surface area contributed by atoms with Crippen LogP contribution in [-0.4, -0.2) is 32.7 Å². The third-order valence-electron chi connectivity index (χ3n) is 3.94. The van der Waals surface area contributed by atoms with E-state index in [0.717, 1.165) is 33.6 Å². The van der Waals surface area contributed by atoms with Crippen molar-refractivity contribution in [3.63, 3.8) is 0 Å². The summed E-state index contributed by atoms with van der Waals surface area (Å²) in [5.74, 6) is -1.46. The predicted molar refractivity (Wildman–Crippen MR) is 95.8 cm³/mol. The molecule has 0 fully saturated rings. The average molecular weight is 364 g/mol. The average Bonchev–Trinajstić information content (AvgIpc) is 2.56. The zero-order chi connectivity index (χ0) is 18.8. The summed E-state index contributed by atoms with van der Waals surface area (Å²) in [7, 11) is -1.01. The minimum Gasteiger partial charge on any atom is -0.321 e. The van der Waals surface area contributed by atoms with Crippen LogP contribution >= 0.6 is 0 Å². The topological polar surface area (TPSA) is 66.5 Å². The summed E-state index contributed by atoms with van der Waals surface area (Å²) in [6.45, 7) is 3.80. The van der Waals surface area contributed by atoms with Gasteiger partial charge in [0.25, 0.3) is 5.91 Å². The highest BCUT2D eigenvalue weighted by atomic mass is 32.2. The highest BCUT2D eigenvalue weighted by Crippen LogP contribution is 2.23. The molecule has 0 unspecified atom stereocenters. The first kappa shape index (κ1) is 19.1. The van der Waals surface area contributed by atoms with E-state index in [4.69, 9.17) is 0 Å². The lowest BCUT2D eigenvalue weighted by Gasteiger charge is -2.15. The maximum absolute atomic E-state index is 14.1. The van der Waals surface area contributed by atoms with Crippen LogP contribution in [-0.2, 0) is 16.4 Å². The summed E-state index contributed by atoms with van der Waals surface area (Å²) in [5, 5.41) is 2.71. The van der Waals surface area contributed by atoms with Crippen molar-refractivity contribution < 1.29 is 17.6 Å². The molecule has 0 radical (unpaired) electrons. The van der Waals surface area contributed by atoms with Crippen molar-refractivity contribution in [2.45, 2.75) is 25.2 Å². The summed E-state index contributed by atoms with van der Waals surface area (Å²) in [6.07, 6.45) is 0.703. The summed E-state index contributed by atoms with van der Waals surface area (Å²) >= 11 is 0. The SMILES string of the molecule is CCc1cccc(C)c1NC(=O)c1cc(S(=O)(=O)N(C)C)ccc1F. The van der Waals surface area contributed by atoms with Crippen LogP contribution < -0.4 is 5.32 Å². The summed E-state index contributed by atoms with van der Waals surface area (Å²) < 4.78 is 39.5. The molecule has 1 N–H and O–H groups in total. The van der Waals surface area contributed by atoms with Crippen LogP contribution in [0, 0.1) is 12.7 Å². The molecule has 1 amide bonds. The molecule has 5 nitrogen and oxygen atoms in total. The molecule has 2 rings (SSSR count). The van der Waals surface area contributed by atoms with Gasteiger partial charge in [-0.2, -0.15) is 0 Å². The van der Waals surface area contributed by atoms with Gasteiger partial charge in [-0.3, -0.25) is 4.79 Å². The third-order valence-corrected chi connectivity index (χ3v) is 5.75. The molecule has 25 heavy (non-hydrogen) atoms. The largest absolute Gasteiger partial charge is 0.321 e. The summed E-state index contributed by atoms with van der Waals surface area (Å²) in [6, 6.07) is 8.80. The lowest BCUT2D eigenvalue weighted by atomic mass is 10.1. The Labute approximate surface area is 147 Å². The van der Waals surface area contributed by atoms with Gasteiger partial charge in [0.2, 0.25) is 10.0 Å². The van der Waals surface area contributed by atoms with Gasteiger partial charge < -0.3 is 5.32 Å². The Kier molecular flexibility index (Phi) is 5.59. The fraction of sp³-hybridized carbons (Fsp3) is 0.278. The van der Waals surface area contributed by atoms with Crippen molar-refractivity contribution >= 4 is 21.6 Å². The van der Waals surface area contributed by atoms with E-state index < -0.39 is 21.7 Å². The monoisotopic (exact) mass is 364 g/mol. The minimum absolute atomic E-state index is 0.135. The zero-order valence-corrected chi connectivity index (χ0v) is 15.4. The number of amides is 1. The first-order valence-corrected chi connectivity index (χ1v) is 9.24. The third kappa shape index (κ3) is 3.88. The molecule has 0 aromatic heterocycles. The molecular formula is C18H21FN2O3S. The Bertz CT molecular complexity index is 909. The van der Waals surface area contributed by atoms with Gasteiger partial charge in [-0.1, -0.05) is 25.1 Å². The van der Waals surface area contributed by atoms with Gasteiger partial charge in [-0.15, -0.1) is 0 Å². The number of nitrogens with zero attached hydrogens (tertiary/aromatic N) is 1. The van der Waals surface area contributed by atoms with E-state index in [1.165, 1.54) is 14.1 Å². The number of sulfonamides is 1. The zero-order valence-electron chi connectivity index (χ0n) is 14.6. The van der Waals surface area contributed by atoms with Gasteiger partial charge in [0.05, 0.1) is 10.5 Å². The van der Waals surface area contributed by atoms with E-state index in [1.807, 2.05) is 32.0 Å². The van der Waals surface area contributed by atoms with Gasteiger partial charge in [-0.25, -0.2) is 17.1 Å². The molecule has 0 aliphatic rings. The molecule has 0 aliphatic carbocycles. The normalized spacial score (nSPS) is 11.6. The van der Waals surface area contributed by atoms with E-state index in [-0.39, 0.29) is 10.5 Å². The van der Waals surface area contributed by atoms with Crippen molar-refractivity contribution in [3.8, 4) is 0 Å². The molecule has 0 bridgehead atoms. The van der Waals surface area contributed by atoms with Crippen molar-refractivity contribution in [2.24, 2.45) is 0 Å². The van der Waals surface area contributed by atoms with Gasteiger partial charge >= 0.3 is 0 Å². The van der Waals surface area contributed by atoms with Crippen LogP contribution in [0.3, 0.4) is 0 Å². The number of para-hydroxylation sites is 1. The highest BCUT2D eigenvalue weighted by Gasteiger charge is 2.22. The van der Waals surface area contributed by atoms with Crippen molar-refractivity contribution in [1.29, 1.82) is 0 Å². The first-order chi connectivity index (χ1) is 11.7. The first-order valence-electron chi connectivity index (χ1n) is 7.80. The molecule has 0 spiro atoms. The second-order valence-electron chi connectivity index (χ2n) is 5.85. The Morgan fingerprint density at radius 2 is 1.88 bits per heavy atom. The van der Waals surface area contributed by atoms with Crippen molar-refractivity contribution in [1.82, 2.24) is 4.31 Å². The number of halogens is 1. The number of hydrogen-bond acceptors (Lipinski definition) is 3. The van der Waals surface area contributed by atoms with Crippen LogP contribution in [0.1, 0.15) is 28.4 Å². The number of nitrogens with one attached hydrogen (secondary N) is 1. The second-order valence-corrected chi connectivity index (χ2v) is 8.00. The number of hydrogen-bond donors (Lipinski definition) is 1. The highest BCUT2D eigenvalue weighted by molar-refractivity contribution is 7.89. The smallest absolute Gasteiger partial charge is 0.258 e. The summed E-state index contributed by atoms with van der Waals surface area (Å²) in [4.78, 5) is 12.4. The molecule has 0 aliphatic heterocycles. The molecule has 0 saturated heterocycles. The molecule has 2 aromatic rings. The van der Waals surface area contributed by atoms with Crippen LogP contribution in [0.4, 0.5) is 10.1 Å². The molecule has 7 heteroatoms. The Morgan fingerprint density at radius 1 is 1.20 bits per heavy atom. The molecular weight excluding hydrogens is 343 g/mol. The molecule has 134 valence electrons. The number of carbonyl (C=O) groups excluding carboxylic acids is 1. The van der Waals surface area contributed by atoms with E-state index in [0.29, 0.717) is 12.1 Å². The van der Waals surface area contributed by atoms with Gasteiger partial charge in [0.15, 0.2) is 0 Å².